The first kappa shape index (κ1) is 13.1. The van der Waals surface area contributed by atoms with E-state index < -0.39 is 0 Å². The smallest absolute Gasteiger partial charge is 0.00241 e. The maximum absolute atomic E-state index is 2.24. The van der Waals surface area contributed by atoms with Gasteiger partial charge in [-0.25, -0.2) is 0 Å². The Bertz CT molecular complexity index is 993. The highest BCUT2D eigenvalue weighted by molar-refractivity contribution is 6.15. The van der Waals surface area contributed by atoms with Crippen molar-refractivity contribution in [3.63, 3.8) is 0 Å². The molecule has 0 aliphatic heterocycles. The van der Waals surface area contributed by atoms with Gasteiger partial charge < -0.3 is 0 Å². The van der Waals surface area contributed by atoms with Crippen LogP contribution in [0.2, 0.25) is 0 Å². The Morgan fingerprint density at radius 2 is 1.23 bits per heavy atom. The Hall–Kier alpha value is -2.60. The summed E-state index contributed by atoms with van der Waals surface area (Å²) in [5.74, 6) is 0. The fourth-order valence-electron chi connectivity index (χ4n) is 3.40. The third kappa shape index (κ3) is 1.92. The van der Waals surface area contributed by atoms with Gasteiger partial charge in [0.15, 0.2) is 0 Å². The Morgan fingerprint density at radius 3 is 2.09 bits per heavy atom. The lowest BCUT2D eigenvalue weighted by Gasteiger charge is -2.15. The SMILES string of the molecule is Cc1ccccc1-c1c(C)ccc2ccc3ccccc3c12. The fraction of sp³-hybridized carbons (Fsp3) is 0.0909. The van der Waals surface area contributed by atoms with Crippen LogP contribution in [0.15, 0.2) is 72.8 Å². The van der Waals surface area contributed by atoms with Gasteiger partial charge in [0.1, 0.15) is 0 Å². The minimum absolute atomic E-state index is 1.30. The molecule has 4 aromatic carbocycles. The molecule has 106 valence electrons. The second kappa shape index (κ2) is 4.99. The lowest BCUT2D eigenvalue weighted by Crippen LogP contribution is -1.90. The highest BCUT2D eigenvalue weighted by atomic mass is 14.2. The summed E-state index contributed by atoms with van der Waals surface area (Å²) in [6, 6.07) is 26.3. The third-order valence-electron chi connectivity index (χ3n) is 4.53. The van der Waals surface area contributed by atoms with Crippen molar-refractivity contribution in [2.45, 2.75) is 13.8 Å². The van der Waals surface area contributed by atoms with E-state index in [-0.39, 0.29) is 0 Å². The monoisotopic (exact) mass is 282 g/mol. The van der Waals surface area contributed by atoms with E-state index in [9.17, 15) is 0 Å². The molecule has 0 spiro atoms. The van der Waals surface area contributed by atoms with Crippen molar-refractivity contribution >= 4 is 21.5 Å². The summed E-state index contributed by atoms with van der Waals surface area (Å²) in [6.45, 7) is 4.40. The van der Waals surface area contributed by atoms with E-state index in [1.165, 1.54) is 43.8 Å². The van der Waals surface area contributed by atoms with Gasteiger partial charge in [-0.05, 0) is 57.6 Å². The number of hydrogen-bond acceptors (Lipinski definition) is 0. The number of rotatable bonds is 1. The van der Waals surface area contributed by atoms with E-state index in [0.717, 1.165) is 0 Å². The third-order valence-corrected chi connectivity index (χ3v) is 4.53. The van der Waals surface area contributed by atoms with Gasteiger partial charge in [0, 0.05) is 0 Å². The first-order valence-corrected chi connectivity index (χ1v) is 7.73. The number of benzene rings is 4. The molecule has 0 heterocycles. The summed E-state index contributed by atoms with van der Waals surface area (Å²) in [4.78, 5) is 0. The molecular formula is C22H18. The van der Waals surface area contributed by atoms with Crippen molar-refractivity contribution in [1.29, 1.82) is 0 Å². The van der Waals surface area contributed by atoms with Gasteiger partial charge in [0.05, 0.1) is 0 Å². The Labute approximate surface area is 131 Å². The van der Waals surface area contributed by atoms with Crippen LogP contribution < -0.4 is 0 Å². The van der Waals surface area contributed by atoms with E-state index in [1.54, 1.807) is 0 Å². The topological polar surface area (TPSA) is 0 Å². The van der Waals surface area contributed by atoms with E-state index in [0.29, 0.717) is 0 Å². The van der Waals surface area contributed by atoms with Crippen molar-refractivity contribution in [2.24, 2.45) is 0 Å². The van der Waals surface area contributed by atoms with Crippen LogP contribution in [0, 0.1) is 13.8 Å². The molecule has 4 rings (SSSR count). The van der Waals surface area contributed by atoms with E-state index >= 15 is 0 Å². The van der Waals surface area contributed by atoms with Crippen molar-refractivity contribution in [3.05, 3.63) is 83.9 Å². The zero-order valence-electron chi connectivity index (χ0n) is 12.9. The quantitative estimate of drug-likeness (QED) is 0.360. The molecule has 0 aromatic heterocycles. The van der Waals surface area contributed by atoms with Gasteiger partial charge in [0.2, 0.25) is 0 Å². The molecule has 22 heavy (non-hydrogen) atoms. The van der Waals surface area contributed by atoms with Crippen LogP contribution in [-0.2, 0) is 0 Å². The van der Waals surface area contributed by atoms with Crippen LogP contribution >= 0.6 is 0 Å². The van der Waals surface area contributed by atoms with Crippen LogP contribution in [0.5, 0.6) is 0 Å². The molecule has 0 atom stereocenters. The summed E-state index contributed by atoms with van der Waals surface area (Å²) < 4.78 is 0. The van der Waals surface area contributed by atoms with Crippen molar-refractivity contribution in [2.75, 3.05) is 0 Å². The molecule has 0 aliphatic carbocycles. The number of hydrogen-bond donors (Lipinski definition) is 0. The molecule has 0 bridgehead atoms. The fourth-order valence-corrected chi connectivity index (χ4v) is 3.40. The van der Waals surface area contributed by atoms with Gasteiger partial charge in [-0.3, -0.25) is 0 Å². The van der Waals surface area contributed by atoms with Crippen molar-refractivity contribution < 1.29 is 0 Å². The van der Waals surface area contributed by atoms with Crippen LogP contribution in [0.4, 0.5) is 0 Å². The van der Waals surface area contributed by atoms with Gasteiger partial charge in [0.25, 0.3) is 0 Å². The van der Waals surface area contributed by atoms with Gasteiger partial charge in [-0.15, -0.1) is 0 Å². The average molecular weight is 282 g/mol. The van der Waals surface area contributed by atoms with Gasteiger partial charge in [-0.2, -0.15) is 0 Å². The molecule has 0 amide bonds. The summed E-state index contributed by atoms with van der Waals surface area (Å²) in [5.41, 5.74) is 5.36. The Kier molecular flexibility index (Phi) is 2.97. The van der Waals surface area contributed by atoms with E-state index in [2.05, 4.69) is 86.6 Å². The Balaban J connectivity index is 2.24. The molecule has 4 aromatic rings. The standard InChI is InChI=1S/C22H18/c1-15-7-3-5-9-19(15)21-16(2)11-12-18-14-13-17-8-4-6-10-20(17)22(18)21/h3-14H,1-2H3. The number of aryl methyl sites for hydroxylation is 2. The minimum Gasteiger partial charge on any atom is -0.0620 e. The maximum atomic E-state index is 2.24. The predicted octanol–water partition coefficient (Wildman–Crippen LogP) is 6.28. The van der Waals surface area contributed by atoms with Gasteiger partial charge >= 0.3 is 0 Å². The lowest BCUT2D eigenvalue weighted by molar-refractivity contribution is 1.43. The highest BCUT2D eigenvalue weighted by Crippen LogP contribution is 2.37. The zero-order chi connectivity index (χ0) is 15.1. The molecule has 0 fully saturated rings. The average Bonchev–Trinajstić information content (AvgIpc) is 2.55. The molecule has 0 radical (unpaired) electrons. The molecule has 0 nitrogen and oxygen atoms in total. The second-order valence-electron chi connectivity index (χ2n) is 5.96. The molecule has 0 saturated heterocycles. The summed E-state index contributed by atoms with van der Waals surface area (Å²) in [7, 11) is 0. The first-order valence-electron chi connectivity index (χ1n) is 7.73. The molecule has 0 aliphatic rings. The maximum Gasteiger partial charge on any atom is -0.00241 e. The molecule has 0 N–H and O–H groups in total. The minimum atomic E-state index is 1.30. The van der Waals surface area contributed by atoms with E-state index in [1.807, 2.05) is 0 Å². The zero-order valence-corrected chi connectivity index (χ0v) is 12.9. The normalized spacial score (nSPS) is 11.2. The number of fused-ring (bicyclic) bond motifs is 3. The van der Waals surface area contributed by atoms with Gasteiger partial charge in [-0.1, -0.05) is 72.8 Å². The van der Waals surface area contributed by atoms with Crippen LogP contribution in [0.3, 0.4) is 0 Å². The molecular weight excluding hydrogens is 264 g/mol. The van der Waals surface area contributed by atoms with Crippen molar-refractivity contribution in [3.8, 4) is 11.1 Å². The summed E-state index contributed by atoms with van der Waals surface area (Å²) in [5, 5.41) is 5.31. The Morgan fingerprint density at radius 1 is 0.545 bits per heavy atom. The second-order valence-corrected chi connectivity index (χ2v) is 5.96. The van der Waals surface area contributed by atoms with Crippen LogP contribution in [0.1, 0.15) is 11.1 Å². The highest BCUT2D eigenvalue weighted by Gasteiger charge is 2.11. The van der Waals surface area contributed by atoms with Crippen LogP contribution in [0.25, 0.3) is 32.7 Å². The lowest BCUT2D eigenvalue weighted by atomic mass is 9.89. The molecule has 0 heteroatoms. The van der Waals surface area contributed by atoms with Crippen molar-refractivity contribution in [1.82, 2.24) is 0 Å². The molecule has 0 saturated carbocycles. The first-order chi connectivity index (χ1) is 10.8. The predicted molar refractivity (Wildman–Crippen MR) is 96.4 cm³/mol. The van der Waals surface area contributed by atoms with E-state index in [4.69, 9.17) is 0 Å². The summed E-state index contributed by atoms with van der Waals surface area (Å²) in [6.07, 6.45) is 0. The largest absolute Gasteiger partial charge is 0.0620 e. The summed E-state index contributed by atoms with van der Waals surface area (Å²) >= 11 is 0. The van der Waals surface area contributed by atoms with Crippen LogP contribution in [-0.4, -0.2) is 0 Å². The molecule has 0 unspecified atom stereocenters.